The van der Waals surface area contributed by atoms with Crippen molar-refractivity contribution in [2.24, 2.45) is 5.92 Å². The van der Waals surface area contributed by atoms with Gasteiger partial charge in [0.2, 0.25) is 0 Å². The van der Waals surface area contributed by atoms with E-state index in [4.69, 9.17) is 18.9 Å². The zero-order valence-electron chi connectivity index (χ0n) is 15.2. The van der Waals surface area contributed by atoms with E-state index >= 15 is 0 Å². The molecule has 140 valence electrons. The molecular weight excluding hydrogens is 344 g/mol. The van der Waals surface area contributed by atoms with Gasteiger partial charge in [0.05, 0.1) is 11.7 Å². The van der Waals surface area contributed by atoms with E-state index in [1.807, 2.05) is 54.6 Å². The zero-order chi connectivity index (χ0) is 18.6. The molecule has 2 atom stereocenters. The van der Waals surface area contributed by atoms with Crippen LogP contribution in [-0.4, -0.2) is 19.9 Å². The molecule has 0 fully saturated rings. The molecule has 0 saturated heterocycles. The predicted molar refractivity (Wildman–Crippen MR) is 99.4 cm³/mol. The number of rotatable bonds is 6. The summed E-state index contributed by atoms with van der Waals surface area (Å²) in [5, 5.41) is 0. The van der Waals surface area contributed by atoms with Crippen molar-refractivity contribution in [2.45, 2.75) is 25.4 Å². The fourth-order valence-electron chi connectivity index (χ4n) is 3.63. The molecule has 0 unspecified atom stereocenters. The van der Waals surface area contributed by atoms with Gasteiger partial charge in [0, 0.05) is 25.0 Å². The number of carbonyl (C=O) groups is 1. The van der Waals surface area contributed by atoms with Gasteiger partial charge in [0.25, 0.3) is 0 Å². The molecule has 0 aromatic heterocycles. The van der Waals surface area contributed by atoms with Crippen LogP contribution < -0.4 is 9.47 Å². The number of fused-ring (bicyclic) bond motifs is 3. The lowest BCUT2D eigenvalue weighted by Gasteiger charge is -2.34. The Balaban J connectivity index is 1.52. The topological polar surface area (TPSA) is 54.0 Å². The number of carbonyl (C=O) groups excluding carboxylic acids is 1. The molecule has 1 aliphatic carbocycles. The van der Waals surface area contributed by atoms with Gasteiger partial charge in [-0.3, -0.25) is 4.79 Å². The van der Waals surface area contributed by atoms with Crippen LogP contribution >= 0.6 is 0 Å². The molecule has 0 N–H and O–H groups in total. The van der Waals surface area contributed by atoms with E-state index < -0.39 is 0 Å². The van der Waals surface area contributed by atoms with Crippen molar-refractivity contribution in [1.29, 1.82) is 0 Å². The van der Waals surface area contributed by atoms with Crippen LogP contribution in [0.4, 0.5) is 0 Å². The van der Waals surface area contributed by atoms with Gasteiger partial charge in [-0.25, -0.2) is 0 Å². The van der Waals surface area contributed by atoms with Gasteiger partial charge in [-0.1, -0.05) is 30.3 Å². The largest absolute Gasteiger partial charge is 0.489 e. The molecule has 27 heavy (non-hydrogen) atoms. The first-order chi connectivity index (χ1) is 13.2. The summed E-state index contributed by atoms with van der Waals surface area (Å²) < 4.78 is 22.0. The molecule has 2 aromatic rings. The molecule has 0 amide bonds. The highest BCUT2D eigenvalue weighted by molar-refractivity contribution is 5.80. The molecule has 0 bridgehead atoms. The van der Waals surface area contributed by atoms with E-state index in [-0.39, 0.29) is 24.6 Å². The Morgan fingerprint density at radius 3 is 2.74 bits per heavy atom. The van der Waals surface area contributed by atoms with Crippen LogP contribution in [0.1, 0.15) is 29.9 Å². The molecule has 1 heterocycles. The maximum atomic E-state index is 12.4. The Hall–Kier alpha value is -2.79. The lowest BCUT2D eigenvalue weighted by molar-refractivity contribution is -0.142. The lowest BCUT2D eigenvalue weighted by atomic mass is 9.76. The third kappa shape index (κ3) is 3.83. The molecule has 2 aromatic carbocycles. The number of hydrogen-bond acceptors (Lipinski definition) is 5. The highest BCUT2D eigenvalue weighted by Crippen LogP contribution is 2.46. The number of ether oxygens (including phenoxy) is 4. The summed E-state index contributed by atoms with van der Waals surface area (Å²) >= 11 is 0. The van der Waals surface area contributed by atoms with Gasteiger partial charge in [-0.2, -0.15) is 0 Å². The van der Waals surface area contributed by atoms with Crippen molar-refractivity contribution in [3.8, 4) is 11.5 Å². The quantitative estimate of drug-likeness (QED) is 0.436. The highest BCUT2D eigenvalue weighted by Gasteiger charge is 2.40. The van der Waals surface area contributed by atoms with Gasteiger partial charge in [-0.15, -0.1) is 0 Å². The average molecular weight is 366 g/mol. The first-order valence-electron chi connectivity index (χ1n) is 9.07. The van der Waals surface area contributed by atoms with Crippen molar-refractivity contribution in [3.05, 3.63) is 71.5 Å². The summed E-state index contributed by atoms with van der Waals surface area (Å²) in [5.74, 6) is 1.84. The molecule has 0 radical (unpaired) electrons. The van der Waals surface area contributed by atoms with Crippen LogP contribution in [0, 0.1) is 5.92 Å². The minimum absolute atomic E-state index is 0.0800. The first-order valence-corrected chi connectivity index (χ1v) is 9.07. The van der Waals surface area contributed by atoms with E-state index in [1.54, 1.807) is 7.11 Å². The van der Waals surface area contributed by atoms with Gasteiger partial charge < -0.3 is 18.9 Å². The molecule has 5 nitrogen and oxygen atoms in total. The Morgan fingerprint density at radius 1 is 1.07 bits per heavy atom. The Labute approximate surface area is 158 Å². The smallest absolute Gasteiger partial charge is 0.315 e. The molecule has 1 aliphatic heterocycles. The van der Waals surface area contributed by atoms with Crippen molar-refractivity contribution < 1.29 is 23.7 Å². The maximum absolute atomic E-state index is 12.4. The van der Waals surface area contributed by atoms with E-state index in [0.717, 1.165) is 29.1 Å². The van der Waals surface area contributed by atoms with Crippen LogP contribution in [0.3, 0.4) is 0 Å². The third-order valence-electron chi connectivity index (χ3n) is 5.01. The highest BCUT2D eigenvalue weighted by atomic mass is 16.7. The van der Waals surface area contributed by atoms with Gasteiger partial charge in [0.1, 0.15) is 18.1 Å². The van der Waals surface area contributed by atoms with Gasteiger partial charge in [0.15, 0.2) is 6.79 Å². The number of benzene rings is 2. The molecule has 5 heteroatoms. The number of methoxy groups -OCH3 is 1. The zero-order valence-corrected chi connectivity index (χ0v) is 15.2. The van der Waals surface area contributed by atoms with Crippen LogP contribution in [0.15, 0.2) is 60.4 Å². The second-order valence-corrected chi connectivity index (χ2v) is 6.77. The molecule has 0 saturated carbocycles. The lowest BCUT2D eigenvalue weighted by Crippen LogP contribution is -2.34. The average Bonchev–Trinajstić information content (AvgIpc) is 2.72. The van der Waals surface area contributed by atoms with Crippen molar-refractivity contribution in [1.82, 2.24) is 0 Å². The molecule has 2 aliphatic rings. The summed E-state index contributed by atoms with van der Waals surface area (Å²) in [4.78, 5) is 12.4. The SMILES string of the molecule is COCOC1=CC[C@@H]2c3cc(OCc4ccccc4)ccc3OC(=O)[C@H]2C1. The summed E-state index contributed by atoms with van der Waals surface area (Å²) in [6.07, 6.45) is 3.30. The summed E-state index contributed by atoms with van der Waals surface area (Å²) in [5.41, 5.74) is 2.13. The van der Waals surface area contributed by atoms with Crippen LogP contribution in [0.25, 0.3) is 0 Å². The molecular formula is C22H22O5. The second-order valence-electron chi connectivity index (χ2n) is 6.77. The minimum atomic E-state index is -0.237. The van der Waals surface area contributed by atoms with Crippen LogP contribution in [0.5, 0.6) is 11.5 Å². The fourth-order valence-corrected chi connectivity index (χ4v) is 3.63. The normalized spacial score (nSPS) is 20.8. The predicted octanol–water partition coefficient (Wildman–Crippen LogP) is 4.18. The van der Waals surface area contributed by atoms with Crippen molar-refractivity contribution >= 4 is 5.97 Å². The second kappa shape index (κ2) is 7.84. The van der Waals surface area contributed by atoms with Crippen molar-refractivity contribution in [3.63, 3.8) is 0 Å². The standard InChI is InChI=1S/C22H22O5/c1-24-14-26-17-7-9-18-19-11-16(25-13-15-5-3-2-4-6-15)8-10-21(19)27-22(23)20(18)12-17/h2-8,10-11,18,20H,9,12-14H2,1H3/t18-,20+/m1/s1. The summed E-state index contributed by atoms with van der Waals surface area (Å²) in [6, 6.07) is 15.7. The maximum Gasteiger partial charge on any atom is 0.315 e. The minimum Gasteiger partial charge on any atom is -0.489 e. The monoisotopic (exact) mass is 366 g/mol. The molecule has 4 rings (SSSR count). The Kier molecular flexibility index (Phi) is 5.12. The van der Waals surface area contributed by atoms with Crippen molar-refractivity contribution in [2.75, 3.05) is 13.9 Å². The van der Waals surface area contributed by atoms with Gasteiger partial charge >= 0.3 is 5.97 Å². The van der Waals surface area contributed by atoms with Gasteiger partial charge in [-0.05, 0) is 36.3 Å². The third-order valence-corrected chi connectivity index (χ3v) is 5.01. The van der Waals surface area contributed by atoms with E-state index in [1.165, 1.54) is 0 Å². The van der Waals surface area contributed by atoms with E-state index in [0.29, 0.717) is 18.8 Å². The Bertz CT molecular complexity index is 843. The fraction of sp³-hybridized carbons (Fsp3) is 0.318. The summed E-state index contributed by atoms with van der Waals surface area (Å²) in [7, 11) is 1.58. The summed E-state index contributed by atoms with van der Waals surface area (Å²) in [6.45, 7) is 0.689. The number of esters is 1. The van der Waals surface area contributed by atoms with Crippen LogP contribution in [0.2, 0.25) is 0 Å². The number of hydrogen-bond donors (Lipinski definition) is 0. The first kappa shape index (κ1) is 17.6. The van der Waals surface area contributed by atoms with Crippen LogP contribution in [-0.2, 0) is 20.9 Å². The molecule has 0 spiro atoms. The number of allylic oxidation sites excluding steroid dienone is 2. The van der Waals surface area contributed by atoms with E-state index in [2.05, 4.69) is 0 Å². The Morgan fingerprint density at radius 2 is 1.93 bits per heavy atom. The van der Waals surface area contributed by atoms with E-state index in [9.17, 15) is 4.79 Å².